The number of aromatic nitrogens is 2. The van der Waals surface area contributed by atoms with Crippen molar-refractivity contribution in [3.63, 3.8) is 0 Å². The lowest BCUT2D eigenvalue weighted by Crippen LogP contribution is -2.37. The molecule has 0 spiro atoms. The molecule has 6 heteroatoms. The van der Waals surface area contributed by atoms with Gasteiger partial charge < -0.3 is 9.64 Å². The third-order valence-electron chi connectivity index (χ3n) is 4.86. The van der Waals surface area contributed by atoms with E-state index in [4.69, 9.17) is 10.00 Å². The molecule has 0 bridgehead atoms. The molecule has 0 N–H and O–H groups in total. The van der Waals surface area contributed by atoms with Crippen molar-refractivity contribution in [2.45, 2.75) is 33.4 Å². The molecule has 2 aromatic carbocycles. The number of aryl methyl sites for hydroxylation is 1. The highest BCUT2D eigenvalue weighted by Gasteiger charge is 2.22. The molecule has 0 aliphatic carbocycles. The van der Waals surface area contributed by atoms with Crippen molar-refractivity contribution in [3.05, 3.63) is 77.1 Å². The average molecular weight is 388 g/mol. The van der Waals surface area contributed by atoms with Crippen molar-refractivity contribution in [3.8, 4) is 17.5 Å². The number of benzene rings is 2. The number of nitrogens with zero attached hydrogens (tertiary/aromatic N) is 4. The van der Waals surface area contributed by atoms with Crippen LogP contribution in [0.1, 0.15) is 29.4 Å². The van der Waals surface area contributed by atoms with Crippen molar-refractivity contribution in [1.29, 1.82) is 5.26 Å². The van der Waals surface area contributed by atoms with Crippen LogP contribution < -0.4 is 4.74 Å². The quantitative estimate of drug-likeness (QED) is 0.644. The molecule has 1 heterocycles. The molecule has 1 atom stereocenters. The van der Waals surface area contributed by atoms with E-state index in [9.17, 15) is 4.79 Å². The Morgan fingerprint density at radius 3 is 2.45 bits per heavy atom. The highest BCUT2D eigenvalue weighted by molar-refractivity contribution is 5.80. The zero-order valence-corrected chi connectivity index (χ0v) is 17.1. The Morgan fingerprint density at radius 2 is 1.83 bits per heavy atom. The summed E-state index contributed by atoms with van der Waals surface area (Å²) in [6.07, 6.45) is -0.641. The van der Waals surface area contributed by atoms with Crippen LogP contribution in [-0.4, -0.2) is 33.7 Å². The Labute approximate surface area is 170 Å². The van der Waals surface area contributed by atoms with Crippen LogP contribution in [0, 0.1) is 25.2 Å². The van der Waals surface area contributed by atoms with E-state index in [2.05, 4.69) is 11.2 Å². The fourth-order valence-corrected chi connectivity index (χ4v) is 3.21. The summed E-state index contributed by atoms with van der Waals surface area (Å²) in [4.78, 5) is 14.4. The smallest absolute Gasteiger partial charge is 0.263 e. The minimum absolute atomic E-state index is 0.124. The second-order valence-corrected chi connectivity index (χ2v) is 6.99. The lowest BCUT2D eigenvalue weighted by atomic mass is 10.1. The first-order valence-electron chi connectivity index (χ1n) is 9.43. The standard InChI is InChI=1S/C23H24N4O2/c1-16-22(17(2)27(25-16)20-8-6-5-7-9-20)15-26(4)23(28)18(3)29-21-12-10-19(14-24)11-13-21/h5-13,18H,15H2,1-4H3/t18-/m1/s1. The van der Waals surface area contributed by atoms with E-state index in [1.807, 2.05) is 48.9 Å². The summed E-state index contributed by atoms with van der Waals surface area (Å²) in [5, 5.41) is 13.5. The molecule has 6 nitrogen and oxygen atoms in total. The van der Waals surface area contributed by atoms with E-state index in [0.29, 0.717) is 17.9 Å². The van der Waals surface area contributed by atoms with Crippen LogP contribution in [-0.2, 0) is 11.3 Å². The summed E-state index contributed by atoms with van der Waals surface area (Å²) in [6, 6.07) is 18.7. The van der Waals surface area contributed by atoms with Crippen LogP contribution in [0.25, 0.3) is 5.69 Å². The van der Waals surface area contributed by atoms with Gasteiger partial charge in [0.05, 0.1) is 23.0 Å². The van der Waals surface area contributed by atoms with Gasteiger partial charge >= 0.3 is 0 Å². The molecule has 29 heavy (non-hydrogen) atoms. The van der Waals surface area contributed by atoms with Gasteiger partial charge in [-0.15, -0.1) is 0 Å². The number of para-hydroxylation sites is 1. The second kappa shape index (κ2) is 8.61. The molecule has 0 unspecified atom stereocenters. The fraction of sp³-hybridized carbons (Fsp3) is 0.261. The Kier molecular flexibility index (Phi) is 5.99. The summed E-state index contributed by atoms with van der Waals surface area (Å²) in [5.41, 5.74) is 4.47. The summed E-state index contributed by atoms with van der Waals surface area (Å²) >= 11 is 0. The van der Waals surface area contributed by atoms with E-state index in [-0.39, 0.29) is 5.91 Å². The number of ether oxygens (including phenoxy) is 1. The zero-order valence-electron chi connectivity index (χ0n) is 17.1. The molecule has 0 saturated heterocycles. The SMILES string of the molecule is Cc1nn(-c2ccccc2)c(C)c1CN(C)C(=O)[C@@H](C)Oc1ccc(C#N)cc1. The maximum absolute atomic E-state index is 12.8. The number of likely N-dealkylation sites (N-methyl/N-ethyl adjacent to an activating group) is 1. The van der Waals surface area contributed by atoms with Gasteiger partial charge in [-0.25, -0.2) is 4.68 Å². The molecule has 0 radical (unpaired) electrons. The number of hydrogen-bond acceptors (Lipinski definition) is 4. The van der Waals surface area contributed by atoms with Crippen LogP contribution in [0.2, 0.25) is 0 Å². The van der Waals surface area contributed by atoms with Gasteiger partial charge in [-0.05, 0) is 57.2 Å². The van der Waals surface area contributed by atoms with Crippen molar-refractivity contribution in [1.82, 2.24) is 14.7 Å². The maximum Gasteiger partial charge on any atom is 0.263 e. The van der Waals surface area contributed by atoms with Crippen LogP contribution in [0.3, 0.4) is 0 Å². The largest absolute Gasteiger partial charge is 0.481 e. The summed E-state index contributed by atoms with van der Waals surface area (Å²) in [7, 11) is 1.76. The third kappa shape index (κ3) is 4.46. The number of hydrogen-bond donors (Lipinski definition) is 0. The molecular formula is C23H24N4O2. The number of carbonyl (C=O) groups is 1. The average Bonchev–Trinajstić information content (AvgIpc) is 3.02. The molecule has 0 aliphatic heterocycles. The summed E-state index contributed by atoms with van der Waals surface area (Å²) in [6.45, 7) is 6.14. The highest BCUT2D eigenvalue weighted by Crippen LogP contribution is 2.20. The number of rotatable bonds is 6. The molecule has 0 aliphatic rings. The lowest BCUT2D eigenvalue weighted by molar-refractivity contribution is -0.137. The van der Waals surface area contributed by atoms with E-state index >= 15 is 0 Å². The Hall–Kier alpha value is -3.59. The second-order valence-electron chi connectivity index (χ2n) is 6.99. The van der Waals surface area contributed by atoms with E-state index in [1.54, 1.807) is 43.1 Å². The predicted molar refractivity (Wildman–Crippen MR) is 111 cm³/mol. The molecule has 148 valence electrons. The van der Waals surface area contributed by atoms with Gasteiger partial charge in [0, 0.05) is 24.8 Å². The van der Waals surface area contributed by atoms with Crippen molar-refractivity contribution >= 4 is 5.91 Å². The number of amides is 1. The first-order chi connectivity index (χ1) is 13.9. The summed E-state index contributed by atoms with van der Waals surface area (Å²) < 4.78 is 7.65. The van der Waals surface area contributed by atoms with Gasteiger partial charge in [0.1, 0.15) is 5.75 Å². The molecule has 0 saturated carbocycles. The summed E-state index contributed by atoms with van der Waals surface area (Å²) in [5.74, 6) is 0.433. The number of carbonyl (C=O) groups excluding carboxylic acids is 1. The van der Waals surface area contributed by atoms with Crippen molar-refractivity contribution < 1.29 is 9.53 Å². The minimum Gasteiger partial charge on any atom is -0.481 e. The first kappa shape index (κ1) is 20.2. The lowest BCUT2D eigenvalue weighted by Gasteiger charge is -2.22. The van der Waals surface area contributed by atoms with Gasteiger partial charge in [-0.1, -0.05) is 18.2 Å². The Balaban J connectivity index is 1.70. The molecule has 1 amide bonds. The van der Waals surface area contributed by atoms with Gasteiger partial charge in [0.25, 0.3) is 5.91 Å². The number of nitriles is 1. The van der Waals surface area contributed by atoms with Crippen LogP contribution in [0.5, 0.6) is 5.75 Å². The normalized spacial score (nSPS) is 11.6. The highest BCUT2D eigenvalue weighted by atomic mass is 16.5. The fourth-order valence-electron chi connectivity index (χ4n) is 3.21. The molecule has 3 rings (SSSR count). The molecule has 1 aromatic heterocycles. The first-order valence-corrected chi connectivity index (χ1v) is 9.43. The zero-order chi connectivity index (χ0) is 21.0. The van der Waals surface area contributed by atoms with Crippen LogP contribution in [0.4, 0.5) is 0 Å². The van der Waals surface area contributed by atoms with Crippen molar-refractivity contribution in [2.24, 2.45) is 0 Å². The molecule has 3 aromatic rings. The van der Waals surface area contributed by atoms with Crippen LogP contribution in [0.15, 0.2) is 54.6 Å². The van der Waals surface area contributed by atoms with Gasteiger partial charge in [0.15, 0.2) is 6.10 Å². The Morgan fingerprint density at radius 1 is 1.17 bits per heavy atom. The molecule has 0 fully saturated rings. The third-order valence-corrected chi connectivity index (χ3v) is 4.86. The Bertz CT molecular complexity index is 1030. The minimum atomic E-state index is -0.641. The van der Waals surface area contributed by atoms with Crippen LogP contribution >= 0.6 is 0 Å². The monoisotopic (exact) mass is 388 g/mol. The van der Waals surface area contributed by atoms with Crippen molar-refractivity contribution in [2.75, 3.05) is 7.05 Å². The van der Waals surface area contributed by atoms with E-state index in [0.717, 1.165) is 22.6 Å². The maximum atomic E-state index is 12.8. The molecular weight excluding hydrogens is 364 g/mol. The van der Waals surface area contributed by atoms with Gasteiger partial charge in [-0.2, -0.15) is 10.4 Å². The van der Waals surface area contributed by atoms with Gasteiger partial charge in [-0.3, -0.25) is 4.79 Å². The van der Waals surface area contributed by atoms with Gasteiger partial charge in [0.2, 0.25) is 0 Å². The predicted octanol–water partition coefficient (Wildman–Crippen LogP) is 3.79. The van der Waals surface area contributed by atoms with E-state index < -0.39 is 6.10 Å². The van der Waals surface area contributed by atoms with E-state index in [1.165, 1.54) is 0 Å². The topological polar surface area (TPSA) is 71.2 Å².